The van der Waals surface area contributed by atoms with Gasteiger partial charge in [0.05, 0.1) is 17.0 Å². The van der Waals surface area contributed by atoms with Crippen molar-refractivity contribution in [3.05, 3.63) is 71.4 Å². The molecule has 0 saturated carbocycles. The Bertz CT molecular complexity index is 1100. The Kier molecular flexibility index (Phi) is 5.44. The van der Waals surface area contributed by atoms with Crippen LogP contribution in [0.1, 0.15) is 30.4 Å². The molecule has 4 rings (SSSR count). The van der Waals surface area contributed by atoms with E-state index in [1.165, 1.54) is 17.0 Å². The molecule has 1 fully saturated rings. The van der Waals surface area contributed by atoms with Gasteiger partial charge in [-0.05, 0) is 42.5 Å². The highest BCUT2D eigenvalue weighted by molar-refractivity contribution is 7.89. The SMILES string of the molecule is NS(=O)(=O)c1ccc(CN2C(=O)C(c3ccccc3)=C(N3CCCCC3)C2=O)cc1. The fraction of sp³-hybridized carbons (Fsp3) is 0.273. The number of amides is 2. The first-order valence-electron chi connectivity index (χ1n) is 9.89. The van der Waals surface area contributed by atoms with Crippen molar-refractivity contribution in [1.82, 2.24) is 9.80 Å². The highest BCUT2D eigenvalue weighted by Gasteiger charge is 2.41. The molecule has 2 aliphatic heterocycles. The minimum atomic E-state index is -3.80. The molecule has 2 amide bonds. The Morgan fingerprint density at radius 1 is 0.833 bits per heavy atom. The lowest BCUT2D eigenvalue weighted by atomic mass is 10.0. The first-order chi connectivity index (χ1) is 14.4. The van der Waals surface area contributed by atoms with E-state index in [4.69, 9.17) is 5.14 Å². The summed E-state index contributed by atoms with van der Waals surface area (Å²) in [7, 11) is -3.80. The zero-order valence-corrected chi connectivity index (χ0v) is 17.3. The molecule has 0 unspecified atom stereocenters. The Morgan fingerprint density at radius 2 is 1.47 bits per heavy atom. The quantitative estimate of drug-likeness (QED) is 0.740. The molecule has 156 valence electrons. The second-order valence-corrected chi connectivity index (χ2v) is 9.08. The summed E-state index contributed by atoms with van der Waals surface area (Å²) in [6, 6.07) is 15.2. The van der Waals surface area contributed by atoms with E-state index in [0.29, 0.717) is 16.8 Å². The lowest BCUT2D eigenvalue weighted by Gasteiger charge is -2.29. The van der Waals surface area contributed by atoms with Crippen LogP contribution in [-0.4, -0.2) is 43.1 Å². The van der Waals surface area contributed by atoms with Crippen molar-refractivity contribution in [1.29, 1.82) is 0 Å². The minimum Gasteiger partial charge on any atom is -0.366 e. The number of primary sulfonamides is 1. The summed E-state index contributed by atoms with van der Waals surface area (Å²) >= 11 is 0. The molecule has 2 N–H and O–H groups in total. The first-order valence-corrected chi connectivity index (χ1v) is 11.4. The molecule has 8 heteroatoms. The number of benzene rings is 2. The second kappa shape index (κ2) is 8.04. The molecule has 0 aliphatic carbocycles. The maximum Gasteiger partial charge on any atom is 0.278 e. The van der Waals surface area contributed by atoms with Crippen LogP contribution in [0.15, 0.2) is 65.2 Å². The average Bonchev–Trinajstić information content (AvgIpc) is 2.99. The lowest BCUT2D eigenvalue weighted by molar-refractivity contribution is -0.138. The molecular formula is C22H23N3O4S. The normalized spacial score (nSPS) is 17.8. The molecule has 0 radical (unpaired) electrons. The van der Waals surface area contributed by atoms with Crippen LogP contribution in [0.3, 0.4) is 0 Å². The zero-order valence-electron chi connectivity index (χ0n) is 16.5. The number of carbonyl (C=O) groups is 2. The summed E-state index contributed by atoms with van der Waals surface area (Å²) in [5.41, 5.74) is 2.27. The van der Waals surface area contributed by atoms with Gasteiger partial charge in [0.15, 0.2) is 0 Å². The van der Waals surface area contributed by atoms with E-state index in [-0.39, 0.29) is 23.3 Å². The van der Waals surface area contributed by atoms with E-state index in [0.717, 1.165) is 37.9 Å². The number of likely N-dealkylation sites (tertiary alicyclic amines) is 1. The molecule has 0 atom stereocenters. The van der Waals surface area contributed by atoms with Crippen molar-refractivity contribution < 1.29 is 18.0 Å². The van der Waals surface area contributed by atoms with Gasteiger partial charge in [-0.1, -0.05) is 42.5 Å². The molecule has 7 nitrogen and oxygen atoms in total. The van der Waals surface area contributed by atoms with Gasteiger partial charge in [-0.25, -0.2) is 13.6 Å². The van der Waals surface area contributed by atoms with Gasteiger partial charge >= 0.3 is 0 Å². The highest BCUT2D eigenvalue weighted by Crippen LogP contribution is 2.33. The van der Waals surface area contributed by atoms with Crippen molar-refractivity contribution in [3.8, 4) is 0 Å². The Labute approximate surface area is 175 Å². The van der Waals surface area contributed by atoms with Crippen LogP contribution in [0.5, 0.6) is 0 Å². The van der Waals surface area contributed by atoms with Crippen LogP contribution in [0, 0.1) is 0 Å². The summed E-state index contributed by atoms with van der Waals surface area (Å²) in [5.74, 6) is -0.640. The number of nitrogens with zero attached hydrogens (tertiary/aromatic N) is 2. The molecule has 0 bridgehead atoms. The van der Waals surface area contributed by atoms with Gasteiger partial charge in [0, 0.05) is 13.1 Å². The smallest absolute Gasteiger partial charge is 0.278 e. The van der Waals surface area contributed by atoms with Crippen LogP contribution in [-0.2, 0) is 26.2 Å². The van der Waals surface area contributed by atoms with Gasteiger partial charge in [-0.15, -0.1) is 0 Å². The Morgan fingerprint density at radius 3 is 2.07 bits per heavy atom. The van der Waals surface area contributed by atoms with Crippen molar-refractivity contribution in [2.45, 2.75) is 30.7 Å². The average molecular weight is 426 g/mol. The van der Waals surface area contributed by atoms with Crippen molar-refractivity contribution in [2.24, 2.45) is 5.14 Å². The van der Waals surface area contributed by atoms with Gasteiger partial charge < -0.3 is 4.90 Å². The maximum atomic E-state index is 13.3. The number of imide groups is 1. The van der Waals surface area contributed by atoms with E-state index in [1.807, 2.05) is 35.2 Å². The third kappa shape index (κ3) is 3.88. The summed E-state index contributed by atoms with van der Waals surface area (Å²) in [4.78, 5) is 29.9. The first kappa shape index (κ1) is 20.3. The highest BCUT2D eigenvalue weighted by atomic mass is 32.2. The molecule has 0 aromatic heterocycles. The molecule has 2 heterocycles. The standard InChI is InChI=1S/C22H23N3O4S/c23-30(28,29)18-11-9-16(10-12-18)15-25-21(26)19(17-7-3-1-4-8-17)20(22(25)27)24-13-5-2-6-14-24/h1,3-4,7-12H,2,5-6,13-15H2,(H2,23,28,29). The van der Waals surface area contributed by atoms with Crippen LogP contribution < -0.4 is 5.14 Å². The van der Waals surface area contributed by atoms with Crippen molar-refractivity contribution in [3.63, 3.8) is 0 Å². The van der Waals surface area contributed by atoms with E-state index >= 15 is 0 Å². The van der Waals surface area contributed by atoms with Gasteiger partial charge in [-0.2, -0.15) is 0 Å². The monoisotopic (exact) mass is 425 g/mol. The number of hydrogen-bond donors (Lipinski definition) is 1. The molecule has 0 spiro atoms. The third-order valence-electron chi connectivity index (χ3n) is 5.47. The number of hydrogen-bond acceptors (Lipinski definition) is 5. The minimum absolute atomic E-state index is 0.0116. The summed E-state index contributed by atoms with van der Waals surface area (Å²) in [5, 5.41) is 5.14. The van der Waals surface area contributed by atoms with Gasteiger partial charge in [0.1, 0.15) is 5.70 Å². The summed E-state index contributed by atoms with van der Waals surface area (Å²) in [6.07, 6.45) is 3.09. The Balaban J connectivity index is 1.67. The molecule has 2 aromatic carbocycles. The number of sulfonamides is 1. The fourth-order valence-electron chi connectivity index (χ4n) is 3.95. The zero-order chi connectivity index (χ0) is 21.3. The second-order valence-electron chi connectivity index (χ2n) is 7.52. The lowest BCUT2D eigenvalue weighted by Crippen LogP contribution is -2.36. The van der Waals surface area contributed by atoms with E-state index < -0.39 is 10.0 Å². The van der Waals surface area contributed by atoms with Crippen molar-refractivity contribution >= 4 is 27.4 Å². The fourth-order valence-corrected chi connectivity index (χ4v) is 4.47. The van der Waals surface area contributed by atoms with E-state index in [9.17, 15) is 18.0 Å². The van der Waals surface area contributed by atoms with Gasteiger partial charge in [0.2, 0.25) is 10.0 Å². The van der Waals surface area contributed by atoms with E-state index in [1.54, 1.807) is 12.1 Å². The maximum absolute atomic E-state index is 13.3. The molecule has 2 aliphatic rings. The number of rotatable bonds is 5. The predicted molar refractivity (Wildman–Crippen MR) is 112 cm³/mol. The predicted octanol–water partition coefficient (Wildman–Crippen LogP) is 2.10. The third-order valence-corrected chi connectivity index (χ3v) is 6.40. The summed E-state index contributed by atoms with van der Waals surface area (Å²) in [6.45, 7) is 1.57. The van der Waals surface area contributed by atoms with Gasteiger partial charge in [0.25, 0.3) is 11.8 Å². The number of nitrogens with two attached hydrogens (primary N) is 1. The van der Waals surface area contributed by atoms with Crippen molar-refractivity contribution in [2.75, 3.05) is 13.1 Å². The van der Waals surface area contributed by atoms with Crippen LogP contribution >= 0.6 is 0 Å². The molecule has 2 aromatic rings. The van der Waals surface area contributed by atoms with Crippen LogP contribution in [0.4, 0.5) is 0 Å². The number of piperidine rings is 1. The molecule has 30 heavy (non-hydrogen) atoms. The van der Waals surface area contributed by atoms with Gasteiger partial charge in [-0.3, -0.25) is 14.5 Å². The Hall–Kier alpha value is -2.97. The van der Waals surface area contributed by atoms with Crippen LogP contribution in [0.25, 0.3) is 5.57 Å². The van der Waals surface area contributed by atoms with E-state index in [2.05, 4.69) is 0 Å². The molecular weight excluding hydrogens is 402 g/mol. The topological polar surface area (TPSA) is 101 Å². The largest absolute Gasteiger partial charge is 0.366 e. The summed E-state index contributed by atoms with van der Waals surface area (Å²) < 4.78 is 22.9. The number of carbonyl (C=O) groups excluding carboxylic acids is 2. The molecule has 1 saturated heterocycles. The van der Waals surface area contributed by atoms with Crippen LogP contribution in [0.2, 0.25) is 0 Å².